The number of hydrogen-bond acceptors (Lipinski definition) is 6. The van der Waals surface area contributed by atoms with E-state index in [1.54, 1.807) is 47.4 Å². The summed E-state index contributed by atoms with van der Waals surface area (Å²) in [6.45, 7) is 5.02. The highest BCUT2D eigenvalue weighted by atomic mass is 35.5. The molecule has 2 fully saturated rings. The molecule has 0 bridgehead atoms. The zero-order valence-corrected chi connectivity index (χ0v) is 21.9. The maximum Gasteiger partial charge on any atom is 0.262 e. The van der Waals surface area contributed by atoms with Crippen molar-refractivity contribution in [3.8, 4) is 5.75 Å². The van der Waals surface area contributed by atoms with Crippen LogP contribution in [0.1, 0.15) is 12.8 Å². The van der Waals surface area contributed by atoms with E-state index in [4.69, 9.17) is 32.7 Å². The Kier molecular flexibility index (Phi) is 9.62. The van der Waals surface area contributed by atoms with E-state index in [-0.39, 0.29) is 36.7 Å². The molecule has 2 aliphatic rings. The number of anilines is 2. The Morgan fingerprint density at radius 2 is 1.81 bits per heavy atom. The van der Waals surface area contributed by atoms with Crippen LogP contribution in [0, 0.1) is 5.92 Å². The largest absolute Gasteiger partial charge is 0.484 e. The van der Waals surface area contributed by atoms with E-state index in [2.05, 4.69) is 15.5 Å². The van der Waals surface area contributed by atoms with E-state index in [0.29, 0.717) is 40.3 Å². The van der Waals surface area contributed by atoms with Crippen LogP contribution in [0.3, 0.4) is 0 Å². The molecule has 2 aromatic carbocycles. The summed E-state index contributed by atoms with van der Waals surface area (Å²) in [6.07, 6.45) is 1.05. The third kappa shape index (κ3) is 7.82. The van der Waals surface area contributed by atoms with Gasteiger partial charge in [-0.15, -0.1) is 0 Å². The Morgan fingerprint density at radius 3 is 2.54 bits per heavy atom. The van der Waals surface area contributed by atoms with Gasteiger partial charge in [0.15, 0.2) is 6.61 Å². The lowest BCUT2D eigenvalue weighted by molar-refractivity contribution is -0.126. The Hall–Kier alpha value is -2.85. The maximum absolute atomic E-state index is 12.6. The maximum atomic E-state index is 12.6. The Labute approximate surface area is 226 Å². The molecular weight excluding hydrogens is 519 g/mol. The fourth-order valence-corrected chi connectivity index (χ4v) is 4.56. The Bertz CT molecular complexity index is 1110. The van der Waals surface area contributed by atoms with Crippen molar-refractivity contribution < 1.29 is 23.9 Å². The molecule has 198 valence electrons. The molecule has 0 aromatic heterocycles. The number of benzene rings is 2. The molecule has 0 unspecified atom stereocenters. The molecule has 0 saturated carbocycles. The van der Waals surface area contributed by atoms with Crippen molar-refractivity contribution >= 4 is 52.3 Å². The lowest BCUT2D eigenvalue weighted by Crippen LogP contribution is -2.39. The van der Waals surface area contributed by atoms with Crippen LogP contribution in [0.4, 0.5) is 11.4 Å². The van der Waals surface area contributed by atoms with Crippen LogP contribution in [-0.4, -0.2) is 75.2 Å². The summed E-state index contributed by atoms with van der Waals surface area (Å²) in [5.41, 5.74) is 1.20. The summed E-state index contributed by atoms with van der Waals surface area (Å²) < 4.78 is 10.9. The van der Waals surface area contributed by atoms with E-state index in [1.165, 1.54) is 0 Å². The summed E-state index contributed by atoms with van der Waals surface area (Å²) in [7, 11) is 0. The van der Waals surface area contributed by atoms with E-state index in [9.17, 15) is 14.4 Å². The predicted octanol–water partition coefficient (Wildman–Crippen LogP) is 3.20. The molecule has 0 spiro atoms. The minimum absolute atomic E-state index is 0.0919. The quantitative estimate of drug-likeness (QED) is 0.442. The van der Waals surface area contributed by atoms with Gasteiger partial charge in [0.05, 0.1) is 29.2 Å². The highest BCUT2D eigenvalue weighted by molar-refractivity contribution is 6.42. The summed E-state index contributed by atoms with van der Waals surface area (Å²) >= 11 is 11.8. The molecule has 11 heteroatoms. The predicted molar refractivity (Wildman–Crippen MR) is 142 cm³/mol. The second-order valence-electron chi connectivity index (χ2n) is 8.96. The number of rotatable bonds is 10. The smallest absolute Gasteiger partial charge is 0.262 e. The van der Waals surface area contributed by atoms with Crippen LogP contribution in [0.5, 0.6) is 5.75 Å². The van der Waals surface area contributed by atoms with E-state index in [1.807, 2.05) is 0 Å². The molecule has 2 aromatic rings. The van der Waals surface area contributed by atoms with Gasteiger partial charge in [-0.25, -0.2) is 0 Å². The average Bonchev–Trinajstić information content (AvgIpc) is 3.30. The van der Waals surface area contributed by atoms with Crippen molar-refractivity contribution in [1.82, 2.24) is 10.2 Å². The third-order valence-electron chi connectivity index (χ3n) is 6.27. The van der Waals surface area contributed by atoms with Crippen LogP contribution >= 0.6 is 23.2 Å². The van der Waals surface area contributed by atoms with Crippen LogP contribution < -0.4 is 20.3 Å². The zero-order chi connectivity index (χ0) is 26.2. The second-order valence-corrected chi connectivity index (χ2v) is 9.78. The normalized spacial score (nSPS) is 18.1. The number of ether oxygens (including phenoxy) is 2. The molecule has 0 aliphatic carbocycles. The number of hydrogen-bond donors (Lipinski definition) is 2. The highest BCUT2D eigenvalue weighted by Gasteiger charge is 2.35. The molecule has 1 atom stereocenters. The number of halogens is 2. The first-order valence-corrected chi connectivity index (χ1v) is 13.0. The van der Waals surface area contributed by atoms with Crippen molar-refractivity contribution in [2.75, 3.05) is 62.8 Å². The lowest BCUT2D eigenvalue weighted by atomic mass is 10.1. The first kappa shape index (κ1) is 27.2. The van der Waals surface area contributed by atoms with Gasteiger partial charge in [-0.1, -0.05) is 23.2 Å². The van der Waals surface area contributed by atoms with Crippen molar-refractivity contribution in [1.29, 1.82) is 0 Å². The summed E-state index contributed by atoms with van der Waals surface area (Å²) in [5.74, 6) is -0.434. The van der Waals surface area contributed by atoms with Crippen LogP contribution in [0.2, 0.25) is 10.0 Å². The molecular formula is C26H30Cl2N4O5. The minimum atomic E-state index is -0.378. The molecule has 2 aliphatic heterocycles. The molecule has 0 radical (unpaired) electrons. The van der Waals surface area contributed by atoms with Gasteiger partial charge >= 0.3 is 0 Å². The number of nitrogens with one attached hydrogen (secondary N) is 2. The first-order valence-electron chi connectivity index (χ1n) is 12.2. The average molecular weight is 549 g/mol. The zero-order valence-electron chi connectivity index (χ0n) is 20.4. The number of morpholine rings is 1. The summed E-state index contributed by atoms with van der Waals surface area (Å²) in [6, 6.07) is 11.7. The topological polar surface area (TPSA) is 100 Å². The first-order chi connectivity index (χ1) is 17.9. The molecule has 2 N–H and O–H groups in total. The van der Waals surface area contributed by atoms with Crippen molar-refractivity contribution in [3.05, 3.63) is 52.5 Å². The molecule has 2 saturated heterocycles. The highest BCUT2D eigenvalue weighted by Crippen LogP contribution is 2.27. The minimum Gasteiger partial charge on any atom is -0.484 e. The van der Waals surface area contributed by atoms with Crippen LogP contribution in [0.15, 0.2) is 42.5 Å². The summed E-state index contributed by atoms with van der Waals surface area (Å²) in [4.78, 5) is 41.3. The van der Waals surface area contributed by atoms with Crippen LogP contribution in [0.25, 0.3) is 0 Å². The van der Waals surface area contributed by atoms with Crippen LogP contribution in [-0.2, 0) is 19.1 Å². The molecule has 3 amide bonds. The van der Waals surface area contributed by atoms with Gasteiger partial charge in [0, 0.05) is 44.0 Å². The van der Waals surface area contributed by atoms with Crippen molar-refractivity contribution in [2.24, 2.45) is 5.92 Å². The molecule has 4 rings (SSSR count). The fourth-order valence-electron chi connectivity index (χ4n) is 4.26. The van der Waals surface area contributed by atoms with Crippen molar-refractivity contribution in [3.63, 3.8) is 0 Å². The van der Waals surface area contributed by atoms with Crippen molar-refractivity contribution in [2.45, 2.75) is 12.8 Å². The van der Waals surface area contributed by atoms with Gasteiger partial charge in [0.25, 0.3) is 5.91 Å². The lowest BCUT2D eigenvalue weighted by Gasteiger charge is -2.26. The third-order valence-corrected chi connectivity index (χ3v) is 7.01. The molecule has 2 heterocycles. The summed E-state index contributed by atoms with van der Waals surface area (Å²) in [5, 5.41) is 6.40. The van der Waals surface area contributed by atoms with Gasteiger partial charge in [0.1, 0.15) is 5.75 Å². The SMILES string of the molecule is O=C(COc1ccc(N2C[C@@H](C(=O)NCCCN3CCOCC3)CC2=O)cc1)Nc1ccc(Cl)c(Cl)c1. The number of nitrogens with zero attached hydrogens (tertiary/aromatic N) is 2. The standard InChI is InChI=1S/C26H30Cl2N4O5/c27-22-7-2-19(15-23(22)28)30-24(33)17-37-21-5-3-20(4-6-21)32-16-18(14-25(32)34)26(35)29-8-1-9-31-10-12-36-13-11-31/h2-7,15,18H,1,8-14,16-17H2,(H,29,35)(H,30,33)/t18-/m0/s1. The monoisotopic (exact) mass is 548 g/mol. The number of carbonyl (C=O) groups excluding carboxylic acids is 3. The second kappa shape index (κ2) is 13.1. The number of amides is 3. The van der Waals surface area contributed by atoms with Gasteiger partial charge in [-0.05, 0) is 55.4 Å². The number of carbonyl (C=O) groups is 3. The van der Waals surface area contributed by atoms with Gasteiger partial charge in [-0.3, -0.25) is 19.3 Å². The van der Waals surface area contributed by atoms with E-state index < -0.39 is 0 Å². The molecule has 9 nitrogen and oxygen atoms in total. The Morgan fingerprint density at radius 1 is 1.05 bits per heavy atom. The molecule has 37 heavy (non-hydrogen) atoms. The van der Waals surface area contributed by atoms with Gasteiger partial charge in [-0.2, -0.15) is 0 Å². The van der Waals surface area contributed by atoms with Gasteiger partial charge in [0.2, 0.25) is 11.8 Å². The van der Waals surface area contributed by atoms with Gasteiger partial charge < -0.3 is 25.0 Å². The van der Waals surface area contributed by atoms with E-state index >= 15 is 0 Å². The fraction of sp³-hybridized carbons (Fsp3) is 0.423. The Balaban J connectivity index is 1.19. The van der Waals surface area contributed by atoms with E-state index in [0.717, 1.165) is 39.3 Å².